The van der Waals surface area contributed by atoms with Crippen LogP contribution in [0.2, 0.25) is 0 Å². The van der Waals surface area contributed by atoms with Crippen LogP contribution in [0.4, 0.5) is 11.4 Å². The number of carbonyl (C=O) groups excluding carboxylic acids is 4. The zero-order valence-corrected chi connectivity index (χ0v) is 20.0. The molecule has 0 aromatic heterocycles. The molecule has 3 heterocycles. The van der Waals surface area contributed by atoms with Crippen LogP contribution in [0.3, 0.4) is 0 Å². The fourth-order valence-electron chi connectivity index (χ4n) is 5.46. The summed E-state index contributed by atoms with van der Waals surface area (Å²) in [4.78, 5) is 56.1. The predicted octanol–water partition coefficient (Wildman–Crippen LogP) is 3.21. The molecule has 2 fully saturated rings. The average Bonchev–Trinajstić information content (AvgIpc) is 3.18. The molecule has 0 saturated carbocycles. The second kappa shape index (κ2) is 9.17. The molecule has 1 atom stereocenters. The lowest BCUT2D eigenvalue weighted by molar-refractivity contribution is -0.122. The maximum atomic E-state index is 13.3. The number of hydrogen-bond acceptors (Lipinski definition) is 4. The first kappa shape index (κ1) is 23.1. The van der Waals surface area contributed by atoms with Gasteiger partial charge in [0.05, 0.1) is 11.3 Å². The quantitative estimate of drug-likeness (QED) is 0.696. The number of benzene rings is 2. The second-order valence-electron chi connectivity index (χ2n) is 9.62. The first-order chi connectivity index (χ1) is 16.9. The van der Waals surface area contributed by atoms with Crippen molar-refractivity contribution >= 4 is 35.0 Å². The van der Waals surface area contributed by atoms with E-state index in [2.05, 4.69) is 5.32 Å². The van der Waals surface area contributed by atoms with Gasteiger partial charge in [-0.25, -0.2) is 0 Å². The lowest BCUT2D eigenvalue weighted by atomic mass is 9.98. The summed E-state index contributed by atoms with van der Waals surface area (Å²) < 4.78 is 0. The SMILES string of the molecule is CC12CCC(=O)N1c1ccccc1C(=O)N2CCC(=O)NCc1cccc(N2CCCCC2=O)c1. The number of fused-ring (bicyclic) bond motifs is 3. The van der Waals surface area contributed by atoms with Crippen LogP contribution >= 0.6 is 0 Å². The zero-order valence-electron chi connectivity index (χ0n) is 20.0. The number of carbonyl (C=O) groups is 4. The minimum atomic E-state index is -0.766. The van der Waals surface area contributed by atoms with Crippen molar-refractivity contribution in [1.82, 2.24) is 10.2 Å². The van der Waals surface area contributed by atoms with Gasteiger partial charge in [0, 0.05) is 44.6 Å². The third kappa shape index (κ3) is 4.17. The molecule has 35 heavy (non-hydrogen) atoms. The van der Waals surface area contributed by atoms with Crippen LogP contribution in [0.15, 0.2) is 48.5 Å². The van der Waals surface area contributed by atoms with Crippen molar-refractivity contribution in [2.75, 3.05) is 22.9 Å². The molecular formula is C27H30N4O4. The van der Waals surface area contributed by atoms with E-state index < -0.39 is 5.66 Å². The highest BCUT2D eigenvalue weighted by Crippen LogP contribution is 2.43. The summed E-state index contributed by atoms with van der Waals surface area (Å²) >= 11 is 0. The van der Waals surface area contributed by atoms with Crippen molar-refractivity contribution in [3.8, 4) is 0 Å². The first-order valence-electron chi connectivity index (χ1n) is 12.3. The number of nitrogens with one attached hydrogen (secondary N) is 1. The maximum Gasteiger partial charge on any atom is 0.257 e. The Kier molecular flexibility index (Phi) is 6.05. The third-order valence-electron chi connectivity index (χ3n) is 7.34. The van der Waals surface area contributed by atoms with Gasteiger partial charge in [-0.2, -0.15) is 0 Å². The van der Waals surface area contributed by atoms with Gasteiger partial charge >= 0.3 is 0 Å². The molecule has 2 saturated heterocycles. The van der Waals surface area contributed by atoms with E-state index in [0.717, 1.165) is 30.6 Å². The standard InChI is InChI=1S/C27H30N4O4/c1-27-14-12-25(34)31(27)22-10-3-2-9-21(22)26(35)30(27)16-13-23(32)28-18-19-7-6-8-20(17-19)29-15-5-4-11-24(29)33/h2-3,6-10,17H,4-5,11-16,18H2,1H3,(H,28,32). The van der Waals surface area contributed by atoms with Crippen LogP contribution in [0.25, 0.3) is 0 Å². The van der Waals surface area contributed by atoms with Gasteiger partial charge in [-0.05, 0) is 56.0 Å². The van der Waals surface area contributed by atoms with E-state index in [9.17, 15) is 19.2 Å². The molecule has 5 rings (SSSR count). The Bertz CT molecular complexity index is 1200. The first-order valence-corrected chi connectivity index (χ1v) is 12.3. The Balaban J connectivity index is 1.23. The highest BCUT2D eigenvalue weighted by molar-refractivity contribution is 6.10. The molecule has 1 unspecified atom stereocenters. The molecule has 3 aliphatic heterocycles. The smallest absolute Gasteiger partial charge is 0.257 e. The van der Waals surface area contributed by atoms with Gasteiger partial charge in [-0.3, -0.25) is 24.1 Å². The van der Waals surface area contributed by atoms with Gasteiger partial charge in [0.1, 0.15) is 5.66 Å². The van der Waals surface area contributed by atoms with E-state index in [1.807, 2.05) is 48.2 Å². The minimum Gasteiger partial charge on any atom is -0.352 e. The molecule has 4 amide bonds. The largest absolute Gasteiger partial charge is 0.352 e. The topological polar surface area (TPSA) is 90.0 Å². The Hall–Kier alpha value is -3.68. The molecule has 0 bridgehead atoms. The van der Waals surface area contributed by atoms with Crippen molar-refractivity contribution in [2.45, 2.75) is 57.7 Å². The van der Waals surface area contributed by atoms with Crippen molar-refractivity contribution in [2.24, 2.45) is 0 Å². The fourth-order valence-corrected chi connectivity index (χ4v) is 5.46. The Morgan fingerprint density at radius 3 is 2.66 bits per heavy atom. The number of hydrogen-bond donors (Lipinski definition) is 1. The van der Waals surface area contributed by atoms with E-state index in [1.54, 1.807) is 21.9 Å². The summed E-state index contributed by atoms with van der Waals surface area (Å²) in [6, 6.07) is 14.8. The number of piperidine rings is 1. The monoisotopic (exact) mass is 474 g/mol. The van der Waals surface area contributed by atoms with Crippen molar-refractivity contribution < 1.29 is 19.2 Å². The van der Waals surface area contributed by atoms with E-state index >= 15 is 0 Å². The lowest BCUT2D eigenvalue weighted by Crippen LogP contribution is -2.62. The molecule has 3 aliphatic rings. The fraction of sp³-hybridized carbons (Fsp3) is 0.407. The molecule has 1 N–H and O–H groups in total. The van der Waals surface area contributed by atoms with Crippen molar-refractivity contribution in [3.05, 3.63) is 59.7 Å². The minimum absolute atomic E-state index is 0.00558. The molecule has 0 aliphatic carbocycles. The number of anilines is 2. The summed E-state index contributed by atoms with van der Waals surface area (Å²) in [5.41, 5.74) is 2.15. The van der Waals surface area contributed by atoms with E-state index in [-0.39, 0.29) is 36.6 Å². The summed E-state index contributed by atoms with van der Waals surface area (Å²) in [7, 11) is 0. The molecule has 0 spiro atoms. The van der Waals surface area contributed by atoms with Gasteiger partial charge in [0.2, 0.25) is 17.7 Å². The molecule has 8 heteroatoms. The normalized spacial score (nSPS) is 21.7. The lowest BCUT2D eigenvalue weighted by Gasteiger charge is -2.48. The molecule has 182 valence electrons. The molecule has 2 aromatic rings. The van der Waals surface area contributed by atoms with Crippen molar-refractivity contribution in [1.29, 1.82) is 0 Å². The average molecular weight is 475 g/mol. The number of amides is 4. The summed E-state index contributed by atoms with van der Waals surface area (Å²) in [5, 5.41) is 2.93. The highest BCUT2D eigenvalue weighted by atomic mass is 16.2. The molecule has 8 nitrogen and oxygen atoms in total. The molecule has 0 radical (unpaired) electrons. The third-order valence-corrected chi connectivity index (χ3v) is 7.34. The Morgan fingerprint density at radius 2 is 1.83 bits per heavy atom. The van der Waals surface area contributed by atoms with Gasteiger partial charge < -0.3 is 15.1 Å². The van der Waals surface area contributed by atoms with Crippen molar-refractivity contribution in [3.63, 3.8) is 0 Å². The Morgan fingerprint density at radius 1 is 1.00 bits per heavy atom. The van der Waals surface area contributed by atoms with Gasteiger partial charge in [-0.1, -0.05) is 24.3 Å². The summed E-state index contributed by atoms with van der Waals surface area (Å²) in [6.07, 6.45) is 3.54. The van der Waals surface area contributed by atoms with Crippen LogP contribution in [-0.2, 0) is 20.9 Å². The van der Waals surface area contributed by atoms with Crippen LogP contribution in [-0.4, -0.2) is 47.3 Å². The van der Waals surface area contributed by atoms with Gasteiger partial charge in [0.15, 0.2) is 0 Å². The molecule has 2 aromatic carbocycles. The van der Waals surface area contributed by atoms with Crippen LogP contribution in [0, 0.1) is 0 Å². The van der Waals surface area contributed by atoms with Gasteiger partial charge in [-0.15, -0.1) is 0 Å². The second-order valence-corrected chi connectivity index (χ2v) is 9.62. The Labute approximate surface area is 204 Å². The number of nitrogens with zero attached hydrogens (tertiary/aromatic N) is 3. The van der Waals surface area contributed by atoms with E-state index in [0.29, 0.717) is 37.1 Å². The van der Waals surface area contributed by atoms with Gasteiger partial charge in [0.25, 0.3) is 5.91 Å². The summed E-state index contributed by atoms with van der Waals surface area (Å²) in [5.74, 6) is -0.191. The summed E-state index contributed by atoms with van der Waals surface area (Å²) in [6.45, 7) is 3.19. The number of rotatable bonds is 6. The van der Waals surface area contributed by atoms with Crippen LogP contribution in [0.1, 0.15) is 61.4 Å². The predicted molar refractivity (Wildman–Crippen MR) is 132 cm³/mol. The van der Waals surface area contributed by atoms with Crippen LogP contribution < -0.4 is 15.1 Å². The number of para-hydroxylation sites is 1. The maximum absolute atomic E-state index is 13.3. The van der Waals surface area contributed by atoms with Crippen LogP contribution in [0.5, 0.6) is 0 Å². The zero-order chi connectivity index (χ0) is 24.6. The highest BCUT2D eigenvalue weighted by Gasteiger charge is 2.52. The van der Waals surface area contributed by atoms with E-state index in [1.165, 1.54) is 0 Å². The molecular weight excluding hydrogens is 444 g/mol. The van der Waals surface area contributed by atoms with E-state index in [4.69, 9.17) is 0 Å².